The molecule has 0 heterocycles. The Bertz CT molecular complexity index is 888. The number of alkyl carbamates (subject to hydrolysis) is 1. The second-order valence-corrected chi connectivity index (χ2v) is 10.7. The highest BCUT2D eigenvalue weighted by molar-refractivity contribution is 5.93. The third-order valence-electron chi connectivity index (χ3n) is 4.44. The average Bonchev–Trinajstić information content (AvgIpc) is 2.61. The molecule has 182 valence electrons. The van der Waals surface area contributed by atoms with Crippen LogP contribution < -0.4 is 10.6 Å². The SMILES string of the molecule is C#CN(C(=O)C(CC(C)C)NC(=O)OC(C)(C)C)C(C(=O)NC(C)(C)C)c1cccc(C)c1. The van der Waals surface area contributed by atoms with Gasteiger partial charge in [-0.3, -0.25) is 14.5 Å². The van der Waals surface area contributed by atoms with E-state index in [-0.39, 0.29) is 5.92 Å². The van der Waals surface area contributed by atoms with Crippen molar-refractivity contribution in [2.45, 2.75) is 92.0 Å². The monoisotopic (exact) mass is 457 g/mol. The van der Waals surface area contributed by atoms with Gasteiger partial charge in [-0.2, -0.15) is 0 Å². The average molecular weight is 458 g/mol. The number of carbonyl (C=O) groups is 3. The zero-order chi connectivity index (χ0) is 25.6. The van der Waals surface area contributed by atoms with Crippen LogP contribution in [0, 0.1) is 25.3 Å². The summed E-state index contributed by atoms with van der Waals surface area (Å²) < 4.78 is 5.34. The summed E-state index contributed by atoms with van der Waals surface area (Å²) in [6.07, 6.45) is 5.40. The molecule has 0 saturated heterocycles. The summed E-state index contributed by atoms with van der Waals surface area (Å²) in [5.41, 5.74) is 0.256. The second kappa shape index (κ2) is 11.2. The molecule has 0 saturated carbocycles. The summed E-state index contributed by atoms with van der Waals surface area (Å²) in [7, 11) is 0. The molecule has 1 aromatic carbocycles. The van der Waals surface area contributed by atoms with Gasteiger partial charge in [-0.15, -0.1) is 0 Å². The molecule has 0 aromatic heterocycles. The molecular formula is C26H39N3O4. The van der Waals surface area contributed by atoms with Gasteiger partial charge in [0.05, 0.1) is 0 Å². The predicted octanol–water partition coefficient (Wildman–Crippen LogP) is 4.31. The first kappa shape index (κ1) is 28.0. The van der Waals surface area contributed by atoms with Crippen LogP contribution in [0.4, 0.5) is 4.79 Å². The summed E-state index contributed by atoms with van der Waals surface area (Å²) in [5.74, 6) is -0.873. The van der Waals surface area contributed by atoms with E-state index in [1.165, 1.54) is 0 Å². The minimum atomic E-state index is -1.06. The van der Waals surface area contributed by atoms with Crippen molar-refractivity contribution in [3.05, 3.63) is 35.4 Å². The Labute approximate surface area is 198 Å². The molecule has 1 aromatic rings. The maximum absolute atomic E-state index is 13.6. The van der Waals surface area contributed by atoms with Crippen LogP contribution in [-0.2, 0) is 14.3 Å². The van der Waals surface area contributed by atoms with Gasteiger partial charge in [0.1, 0.15) is 17.7 Å². The lowest BCUT2D eigenvalue weighted by Gasteiger charge is -2.33. The number of amides is 3. The highest BCUT2D eigenvalue weighted by Crippen LogP contribution is 2.25. The van der Waals surface area contributed by atoms with Crippen molar-refractivity contribution >= 4 is 17.9 Å². The van der Waals surface area contributed by atoms with Crippen molar-refractivity contribution < 1.29 is 19.1 Å². The van der Waals surface area contributed by atoms with E-state index in [2.05, 4.69) is 16.7 Å². The number of rotatable bonds is 7. The zero-order valence-electron chi connectivity index (χ0n) is 21.4. The number of terminal acetylenes is 1. The fourth-order valence-corrected chi connectivity index (χ4v) is 3.27. The molecule has 0 aliphatic carbocycles. The maximum atomic E-state index is 13.6. The van der Waals surface area contributed by atoms with Crippen LogP contribution >= 0.6 is 0 Å². The van der Waals surface area contributed by atoms with Crippen molar-refractivity contribution in [3.8, 4) is 12.5 Å². The first-order valence-electron chi connectivity index (χ1n) is 11.2. The first-order valence-corrected chi connectivity index (χ1v) is 11.2. The van der Waals surface area contributed by atoms with Crippen LogP contribution in [0.15, 0.2) is 24.3 Å². The fourth-order valence-electron chi connectivity index (χ4n) is 3.27. The van der Waals surface area contributed by atoms with E-state index >= 15 is 0 Å². The Morgan fingerprint density at radius 1 is 1.12 bits per heavy atom. The minimum Gasteiger partial charge on any atom is -0.444 e. The van der Waals surface area contributed by atoms with Crippen molar-refractivity contribution in [3.63, 3.8) is 0 Å². The number of ether oxygens (including phenoxy) is 1. The summed E-state index contributed by atoms with van der Waals surface area (Å²) >= 11 is 0. The highest BCUT2D eigenvalue weighted by Gasteiger charge is 2.37. The number of hydrogen-bond donors (Lipinski definition) is 2. The van der Waals surface area contributed by atoms with Gasteiger partial charge in [0.15, 0.2) is 0 Å². The van der Waals surface area contributed by atoms with Crippen molar-refractivity contribution in [1.82, 2.24) is 15.5 Å². The fraction of sp³-hybridized carbons (Fsp3) is 0.577. The molecule has 7 nitrogen and oxygen atoms in total. The molecular weight excluding hydrogens is 418 g/mol. The Morgan fingerprint density at radius 2 is 1.73 bits per heavy atom. The van der Waals surface area contributed by atoms with Gasteiger partial charge in [0, 0.05) is 11.6 Å². The van der Waals surface area contributed by atoms with Crippen LogP contribution in [0.2, 0.25) is 0 Å². The van der Waals surface area contributed by atoms with Crippen molar-refractivity contribution in [2.75, 3.05) is 0 Å². The van der Waals surface area contributed by atoms with Gasteiger partial charge in [-0.1, -0.05) is 50.1 Å². The molecule has 7 heteroatoms. The molecule has 0 bridgehead atoms. The van der Waals surface area contributed by atoms with E-state index in [0.29, 0.717) is 12.0 Å². The molecule has 0 radical (unpaired) electrons. The maximum Gasteiger partial charge on any atom is 0.408 e. The summed E-state index contributed by atoms with van der Waals surface area (Å²) in [6, 6.07) is 7.67. The first-order chi connectivity index (χ1) is 15.0. The zero-order valence-corrected chi connectivity index (χ0v) is 21.4. The number of nitrogens with zero attached hydrogens (tertiary/aromatic N) is 1. The van der Waals surface area contributed by atoms with Crippen LogP contribution in [0.25, 0.3) is 0 Å². The third-order valence-corrected chi connectivity index (χ3v) is 4.44. The Balaban J connectivity index is 3.40. The molecule has 2 N–H and O–H groups in total. The molecule has 1 rings (SSSR count). The lowest BCUT2D eigenvalue weighted by molar-refractivity contribution is -0.139. The molecule has 33 heavy (non-hydrogen) atoms. The Morgan fingerprint density at radius 3 is 2.18 bits per heavy atom. The normalized spacial score (nSPS) is 13.5. The lowest BCUT2D eigenvalue weighted by atomic mass is 9.98. The van der Waals surface area contributed by atoms with Gasteiger partial charge in [0.25, 0.3) is 5.91 Å². The second-order valence-electron chi connectivity index (χ2n) is 10.7. The topological polar surface area (TPSA) is 87.7 Å². The van der Waals surface area contributed by atoms with Gasteiger partial charge in [-0.05, 0) is 66.4 Å². The van der Waals surface area contributed by atoms with Crippen molar-refractivity contribution in [2.24, 2.45) is 5.92 Å². The Hall–Kier alpha value is -3.01. The minimum absolute atomic E-state index is 0.0781. The third kappa shape index (κ3) is 9.56. The number of nitrogens with one attached hydrogen (secondary N) is 2. The van der Waals surface area contributed by atoms with Crippen LogP contribution in [0.1, 0.15) is 79.0 Å². The van der Waals surface area contributed by atoms with Gasteiger partial charge >= 0.3 is 6.09 Å². The summed E-state index contributed by atoms with van der Waals surface area (Å²) in [5, 5.41) is 5.56. The van der Waals surface area contributed by atoms with Gasteiger partial charge < -0.3 is 15.4 Å². The predicted molar refractivity (Wildman–Crippen MR) is 130 cm³/mol. The standard InChI is InChI=1S/C26H39N3O4/c1-11-29(23(31)20(15-17(2)3)27-24(32)33-26(8,9)10)21(22(30)28-25(5,6)7)19-14-12-13-18(4)16-19/h1,12-14,16-17,20-21H,15H2,2-10H3,(H,27,32)(H,28,30). The highest BCUT2D eigenvalue weighted by atomic mass is 16.6. The lowest BCUT2D eigenvalue weighted by Crippen LogP contribution is -2.53. The summed E-state index contributed by atoms with van der Waals surface area (Å²) in [6.45, 7) is 16.5. The van der Waals surface area contributed by atoms with E-state index in [9.17, 15) is 14.4 Å². The number of benzene rings is 1. The van der Waals surface area contributed by atoms with Gasteiger partial charge in [-0.25, -0.2) is 4.79 Å². The van der Waals surface area contributed by atoms with Gasteiger partial charge in [0.2, 0.25) is 5.91 Å². The molecule has 2 unspecified atom stereocenters. The van der Waals surface area contributed by atoms with E-state index < -0.39 is 41.1 Å². The molecule has 0 fully saturated rings. The largest absolute Gasteiger partial charge is 0.444 e. The summed E-state index contributed by atoms with van der Waals surface area (Å²) in [4.78, 5) is 40.4. The molecule has 2 atom stereocenters. The molecule has 0 aliphatic rings. The molecule has 3 amide bonds. The number of aryl methyl sites for hydroxylation is 1. The van der Waals surface area contributed by atoms with Crippen LogP contribution in [0.3, 0.4) is 0 Å². The van der Waals surface area contributed by atoms with E-state index in [0.717, 1.165) is 10.5 Å². The molecule has 0 spiro atoms. The Kier molecular flexibility index (Phi) is 9.53. The smallest absolute Gasteiger partial charge is 0.408 e. The van der Waals surface area contributed by atoms with E-state index in [1.54, 1.807) is 26.8 Å². The quantitative estimate of drug-likeness (QED) is 0.472. The number of carbonyl (C=O) groups excluding carboxylic acids is 3. The van der Waals surface area contributed by atoms with Crippen molar-refractivity contribution in [1.29, 1.82) is 0 Å². The molecule has 0 aliphatic heterocycles. The number of hydrogen-bond acceptors (Lipinski definition) is 4. The van der Waals surface area contributed by atoms with E-state index in [1.807, 2.05) is 59.7 Å². The van der Waals surface area contributed by atoms with E-state index in [4.69, 9.17) is 11.2 Å². The van der Waals surface area contributed by atoms with Crippen LogP contribution in [-0.4, -0.2) is 40.0 Å². The van der Waals surface area contributed by atoms with Crippen LogP contribution in [0.5, 0.6) is 0 Å².